The van der Waals surface area contributed by atoms with E-state index >= 15 is 0 Å². The summed E-state index contributed by atoms with van der Waals surface area (Å²) in [6, 6.07) is 6.43. The van der Waals surface area contributed by atoms with E-state index in [1.54, 1.807) is 14.0 Å². The van der Waals surface area contributed by atoms with Crippen LogP contribution in [0, 0.1) is 5.92 Å². The minimum Gasteiger partial charge on any atom is -0.496 e. The van der Waals surface area contributed by atoms with Crippen molar-refractivity contribution >= 4 is 0 Å². The molecule has 0 saturated carbocycles. The molecule has 3 nitrogen and oxygen atoms in total. The van der Waals surface area contributed by atoms with Crippen LogP contribution in [0.2, 0.25) is 0 Å². The molecule has 20 heavy (non-hydrogen) atoms. The first kappa shape index (κ1) is 17.0. The molecule has 1 aromatic carbocycles. The van der Waals surface area contributed by atoms with Gasteiger partial charge >= 0.3 is 0 Å². The molecule has 0 aromatic heterocycles. The Bertz CT molecular complexity index is 415. The predicted octanol–water partition coefficient (Wildman–Crippen LogP) is 3.61. The zero-order chi connectivity index (χ0) is 15.3. The van der Waals surface area contributed by atoms with Crippen molar-refractivity contribution in [1.29, 1.82) is 0 Å². The van der Waals surface area contributed by atoms with Crippen molar-refractivity contribution in [3.8, 4) is 5.75 Å². The summed E-state index contributed by atoms with van der Waals surface area (Å²) in [6.07, 6.45) is 0.729. The van der Waals surface area contributed by atoms with Gasteiger partial charge < -0.3 is 9.84 Å². The summed E-state index contributed by atoms with van der Waals surface area (Å²) in [5.74, 6) is 1.58. The van der Waals surface area contributed by atoms with Gasteiger partial charge in [-0.1, -0.05) is 19.9 Å². The van der Waals surface area contributed by atoms with Crippen LogP contribution in [0.4, 0.5) is 0 Å². The number of benzene rings is 1. The van der Waals surface area contributed by atoms with Crippen molar-refractivity contribution in [3.63, 3.8) is 0 Å². The lowest BCUT2D eigenvalue weighted by Crippen LogP contribution is -2.30. The molecule has 2 atom stereocenters. The monoisotopic (exact) mass is 279 g/mol. The summed E-state index contributed by atoms with van der Waals surface area (Å²) in [7, 11) is 3.83. The van der Waals surface area contributed by atoms with E-state index in [-0.39, 0.29) is 0 Å². The minimum absolute atomic E-state index is 0.446. The number of nitrogens with zero attached hydrogens (tertiary/aromatic N) is 1. The third-order valence-electron chi connectivity index (χ3n) is 3.77. The fourth-order valence-corrected chi connectivity index (χ4v) is 2.47. The van der Waals surface area contributed by atoms with Gasteiger partial charge in [0.2, 0.25) is 0 Å². The lowest BCUT2D eigenvalue weighted by atomic mass is 10.0. The smallest absolute Gasteiger partial charge is 0.123 e. The zero-order valence-corrected chi connectivity index (χ0v) is 13.7. The number of hydrogen-bond donors (Lipinski definition) is 1. The van der Waals surface area contributed by atoms with Gasteiger partial charge in [0, 0.05) is 18.2 Å². The maximum absolute atomic E-state index is 9.72. The number of rotatable bonds is 7. The van der Waals surface area contributed by atoms with Crippen LogP contribution in [0.1, 0.15) is 51.3 Å². The Balaban J connectivity index is 2.86. The summed E-state index contributed by atoms with van der Waals surface area (Å²) in [5, 5.41) is 9.72. The molecule has 0 bridgehead atoms. The molecular formula is C17H29NO2. The Labute approximate surface area is 123 Å². The Hall–Kier alpha value is -1.06. The SMILES string of the molecule is COc1ccc(C(C)O)cc1CN(C)C(C)CC(C)C. The molecule has 1 aromatic rings. The molecule has 0 heterocycles. The van der Waals surface area contributed by atoms with Crippen LogP contribution in [0.3, 0.4) is 0 Å². The van der Waals surface area contributed by atoms with Gasteiger partial charge in [0.15, 0.2) is 0 Å². The molecule has 0 aliphatic heterocycles. The van der Waals surface area contributed by atoms with E-state index in [1.165, 1.54) is 6.42 Å². The van der Waals surface area contributed by atoms with Crippen LogP contribution in [0.15, 0.2) is 18.2 Å². The Morgan fingerprint density at radius 2 is 1.85 bits per heavy atom. The molecule has 0 fully saturated rings. The second-order valence-corrected chi connectivity index (χ2v) is 6.14. The lowest BCUT2D eigenvalue weighted by Gasteiger charge is -2.27. The van der Waals surface area contributed by atoms with Crippen molar-refractivity contribution in [2.24, 2.45) is 5.92 Å². The molecule has 1 rings (SSSR count). The predicted molar refractivity (Wildman–Crippen MR) is 84.0 cm³/mol. The van der Waals surface area contributed by atoms with Gasteiger partial charge in [-0.25, -0.2) is 0 Å². The highest BCUT2D eigenvalue weighted by molar-refractivity contribution is 5.38. The summed E-state index contributed by atoms with van der Waals surface area (Å²) in [5.41, 5.74) is 2.06. The average Bonchev–Trinajstić information content (AvgIpc) is 2.37. The minimum atomic E-state index is -0.446. The number of aliphatic hydroxyl groups excluding tert-OH is 1. The van der Waals surface area contributed by atoms with Crippen molar-refractivity contribution in [2.45, 2.75) is 52.8 Å². The number of methoxy groups -OCH3 is 1. The van der Waals surface area contributed by atoms with Crippen LogP contribution in [0.5, 0.6) is 5.75 Å². The quantitative estimate of drug-likeness (QED) is 0.827. The molecule has 0 amide bonds. The van der Waals surface area contributed by atoms with Crippen molar-refractivity contribution in [3.05, 3.63) is 29.3 Å². The van der Waals surface area contributed by atoms with E-state index in [2.05, 4.69) is 32.7 Å². The van der Waals surface area contributed by atoms with E-state index < -0.39 is 6.10 Å². The van der Waals surface area contributed by atoms with Gasteiger partial charge in [-0.3, -0.25) is 4.90 Å². The molecule has 3 heteroatoms. The topological polar surface area (TPSA) is 32.7 Å². The van der Waals surface area contributed by atoms with E-state index in [1.807, 2.05) is 18.2 Å². The van der Waals surface area contributed by atoms with E-state index in [4.69, 9.17) is 4.74 Å². The first-order valence-corrected chi connectivity index (χ1v) is 7.40. The molecule has 0 radical (unpaired) electrons. The highest BCUT2D eigenvalue weighted by Gasteiger charge is 2.14. The van der Waals surface area contributed by atoms with E-state index in [0.717, 1.165) is 23.4 Å². The van der Waals surface area contributed by atoms with Crippen LogP contribution in [0.25, 0.3) is 0 Å². The third-order valence-corrected chi connectivity index (χ3v) is 3.77. The fourth-order valence-electron chi connectivity index (χ4n) is 2.47. The van der Waals surface area contributed by atoms with Crippen LogP contribution >= 0.6 is 0 Å². The fraction of sp³-hybridized carbons (Fsp3) is 0.647. The summed E-state index contributed by atoms with van der Waals surface area (Å²) in [6.45, 7) is 9.37. The summed E-state index contributed by atoms with van der Waals surface area (Å²) < 4.78 is 5.43. The van der Waals surface area contributed by atoms with Crippen molar-refractivity contribution in [2.75, 3.05) is 14.2 Å². The standard InChI is InChI=1S/C17H29NO2/c1-12(2)9-13(3)18(5)11-16-10-15(14(4)19)7-8-17(16)20-6/h7-8,10,12-14,19H,9,11H2,1-6H3. The van der Waals surface area contributed by atoms with Gasteiger partial charge in [0.25, 0.3) is 0 Å². The Morgan fingerprint density at radius 1 is 1.20 bits per heavy atom. The highest BCUT2D eigenvalue weighted by atomic mass is 16.5. The summed E-state index contributed by atoms with van der Waals surface area (Å²) >= 11 is 0. The Morgan fingerprint density at radius 3 is 2.35 bits per heavy atom. The molecule has 1 N–H and O–H groups in total. The van der Waals surface area contributed by atoms with Crippen LogP contribution in [-0.4, -0.2) is 30.2 Å². The van der Waals surface area contributed by atoms with Crippen molar-refractivity contribution < 1.29 is 9.84 Å². The van der Waals surface area contributed by atoms with Gasteiger partial charge in [0.1, 0.15) is 5.75 Å². The highest BCUT2D eigenvalue weighted by Crippen LogP contribution is 2.25. The van der Waals surface area contributed by atoms with E-state index in [0.29, 0.717) is 12.0 Å². The second kappa shape index (κ2) is 7.65. The number of aliphatic hydroxyl groups is 1. The molecule has 114 valence electrons. The molecule has 0 aliphatic rings. The number of ether oxygens (including phenoxy) is 1. The first-order valence-electron chi connectivity index (χ1n) is 7.40. The van der Waals surface area contributed by atoms with Gasteiger partial charge in [-0.15, -0.1) is 0 Å². The largest absolute Gasteiger partial charge is 0.496 e. The maximum atomic E-state index is 9.72. The molecule has 2 unspecified atom stereocenters. The lowest BCUT2D eigenvalue weighted by molar-refractivity contribution is 0.198. The third kappa shape index (κ3) is 4.80. The van der Waals surface area contributed by atoms with Crippen molar-refractivity contribution in [1.82, 2.24) is 4.90 Å². The normalized spacial score (nSPS) is 14.7. The molecule has 0 aliphatic carbocycles. The second-order valence-electron chi connectivity index (χ2n) is 6.14. The zero-order valence-electron chi connectivity index (χ0n) is 13.7. The maximum Gasteiger partial charge on any atom is 0.123 e. The van der Waals surface area contributed by atoms with Gasteiger partial charge in [0.05, 0.1) is 13.2 Å². The molecular weight excluding hydrogens is 250 g/mol. The van der Waals surface area contributed by atoms with Gasteiger partial charge in [-0.2, -0.15) is 0 Å². The molecule has 0 spiro atoms. The van der Waals surface area contributed by atoms with Gasteiger partial charge in [-0.05, 0) is 50.9 Å². The number of hydrogen-bond acceptors (Lipinski definition) is 3. The Kier molecular flexibility index (Phi) is 6.50. The first-order chi connectivity index (χ1) is 9.35. The average molecular weight is 279 g/mol. The van der Waals surface area contributed by atoms with Crippen LogP contribution < -0.4 is 4.74 Å². The van der Waals surface area contributed by atoms with Crippen LogP contribution in [-0.2, 0) is 6.54 Å². The summed E-state index contributed by atoms with van der Waals surface area (Å²) in [4.78, 5) is 2.34. The molecule has 0 saturated heterocycles. The van der Waals surface area contributed by atoms with E-state index in [9.17, 15) is 5.11 Å².